The molecule has 0 saturated carbocycles. The van der Waals surface area contributed by atoms with Crippen molar-refractivity contribution >= 4 is 35.0 Å². The third kappa shape index (κ3) is 6.55. The number of carbonyl (C=O) groups is 1. The fourth-order valence-corrected chi connectivity index (χ4v) is 2.33. The summed E-state index contributed by atoms with van der Waals surface area (Å²) in [5, 5.41) is 2.71. The molecule has 0 atom stereocenters. The highest BCUT2D eigenvalue weighted by Crippen LogP contribution is 2.28. The van der Waals surface area contributed by atoms with E-state index in [1.807, 2.05) is 13.0 Å². The van der Waals surface area contributed by atoms with E-state index < -0.39 is 11.7 Å². The summed E-state index contributed by atoms with van der Waals surface area (Å²) in [6.45, 7) is 2.62. The predicted molar refractivity (Wildman–Crippen MR) is 112 cm³/mol. The Labute approximate surface area is 168 Å². The molecular weight excluding hydrogens is 381 g/mol. The van der Waals surface area contributed by atoms with Crippen molar-refractivity contribution in [1.29, 1.82) is 0 Å². The van der Waals surface area contributed by atoms with Crippen LogP contribution in [0.5, 0.6) is 11.5 Å². The molecule has 0 aliphatic carbocycles. The maximum absolute atomic E-state index is 13.5. The van der Waals surface area contributed by atoms with Crippen molar-refractivity contribution in [3.63, 3.8) is 0 Å². The van der Waals surface area contributed by atoms with Gasteiger partial charge in [-0.1, -0.05) is 25.1 Å². The van der Waals surface area contributed by atoms with Crippen LogP contribution in [-0.2, 0) is 4.79 Å². The summed E-state index contributed by atoms with van der Waals surface area (Å²) >= 11 is 5.02. The maximum Gasteiger partial charge on any atom is 0.262 e. The van der Waals surface area contributed by atoms with Gasteiger partial charge in [0.05, 0.1) is 19.4 Å². The molecule has 0 saturated heterocycles. The highest BCUT2D eigenvalue weighted by molar-refractivity contribution is 7.80. The molecule has 2 aromatic rings. The lowest BCUT2D eigenvalue weighted by Crippen LogP contribution is -2.43. The number of methoxy groups -OCH3 is 1. The fraction of sp³-hybridized carbons (Fsp3) is 0.200. The highest BCUT2D eigenvalue weighted by atomic mass is 32.1. The molecule has 148 valence electrons. The quantitative estimate of drug-likeness (QED) is 0.372. The largest absolute Gasteiger partial charge is 0.493 e. The number of anilines is 1. The maximum atomic E-state index is 13.5. The number of para-hydroxylation sites is 1. The van der Waals surface area contributed by atoms with Gasteiger partial charge in [-0.25, -0.2) is 4.39 Å². The summed E-state index contributed by atoms with van der Waals surface area (Å²) in [5.74, 6) is 0.364. The minimum Gasteiger partial charge on any atom is -0.493 e. The first kappa shape index (κ1) is 21.2. The van der Waals surface area contributed by atoms with Gasteiger partial charge in [0, 0.05) is 6.08 Å². The average molecular weight is 403 g/mol. The van der Waals surface area contributed by atoms with Crippen molar-refractivity contribution in [3.8, 4) is 11.5 Å². The molecule has 6 nitrogen and oxygen atoms in total. The molecule has 0 aliphatic heterocycles. The zero-order chi connectivity index (χ0) is 20.4. The second-order valence-corrected chi connectivity index (χ2v) is 6.05. The number of benzene rings is 2. The average Bonchev–Trinajstić information content (AvgIpc) is 2.71. The second-order valence-electron chi connectivity index (χ2n) is 5.64. The summed E-state index contributed by atoms with van der Waals surface area (Å²) in [6, 6.07) is 11.5. The zero-order valence-electron chi connectivity index (χ0n) is 15.6. The Morgan fingerprint density at radius 3 is 2.68 bits per heavy atom. The van der Waals surface area contributed by atoms with Crippen molar-refractivity contribution in [2.75, 3.05) is 19.0 Å². The predicted octanol–water partition coefficient (Wildman–Crippen LogP) is 3.65. The van der Waals surface area contributed by atoms with Crippen molar-refractivity contribution in [2.24, 2.45) is 0 Å². The van der Waals surface area contributed by atoms with Crippen LogP contribution >= 0.6 is 12.2 Å². The van der Waals surface area contributed by atoms with E-state index in [2.05, 4.69) is 16.2 Å². The Bertz CT molecular complexity index is 858. The van der Waals surface area contributed by atoms with Gasteiger partial charge in [0.2, 0.25) is 0 Å². The zero-order valence-corrected chi connectivity index (χ0v) is 16.4. The summed E-state index contributed by atoms with van der Waals surface area (Å²) in [5.41, 5.74) is 5.89. The summed E-state index contributed by atoms with van der Waals surface area (Å²) in [4.78, 5) is 11.9. The number of carbonyl (C=O) groups excluding carboxylic acids is 1. The van der Waals surface area contributed by atoms with Crippen LogP contribution in [0.25, 0.3) is 6.08 Å². The summed E-state index contributed by atoms with van der Waals surface area (Å²) in [7, 11) is 1.56. The number of hydrazine groups is 1. The molecule has 8 heteroatoms. The molecule has 0 radical (unpaired) electrons. The van der Waals surface area contributed by atoms with Gasteiger partial charge in [-0.15, -0.1) is 0 Å². The van der Waals surface area contributed by atoms with Crippen LogP contribution in [0.2, 0.25) is 0 Å². The van der Waals surface area contributed by atoms with Gasteiger partial charge in [-0.2, -0.15) is 0 Å². The van der Waals surface area contributed by atoms with Crippen LogP contribution in [0.1, 0.15) is 18.9 Å². The smallest absolute Gasteiger partial charge is 0.262 e. The molecule has 2 rings (SSSR count). The van der Waals surface area contributed by atoms with Gasteiger partial charge >= 0.3 is 0 Å². The van der Waals surface area contributed by atoms with Crippen LogP contribution in [0.15, 0.2) is 48.5 Å². The standard InChI is InChI=1S/C20H22FN3O3S/c1-3-12-27-17-10-8-14(13-18(17)26-2)9-11-19(25)23-24-20(28)22-16-7-5-4-6-15(16)21/h4-11,13H,3,12H2,1-2H3,(H,23,25)(H2,22,24,28)/b11-9+. The van der Waals surface area contributed by atoms with Crippen molar-refractivity contribution in [3.05, 3.63) is 59.9 Å². The normalized spacial score (nSPS) is 10.4. The minimum atomic E-state index is -0.446. The Hall–Kier alpha value is -3.13. The number of thiocarbonyl (C=S) groups is 1. The molecule has 3 N–H and O–H groups in total. The molecule has 0 bridgehead atoms. The molecule has 0 unspecified atom stereocenters. The van der Waals surface area contributed by atoms with Crippen LogP contribution in [0, 0.1) is 5.82 Å². The Balaban J connectivity index is 1.87. The number of hydrogen-bond donors (Lipinski definition) is 3. The summed E-state index contributed by atoms with van der Waals surface area (Å²) < 4.78 is 24.4. The first-order valence-electron chi connectivity index (χ1n) is 8.64. The lowest BCUT2D eigenvalue weighted by atomic mass is 10.2. The lowest BCUT2D eigenvalue weighted by molar-refractivity contribution is -0.116. The van der Waals surface area contributed by atoms with Crippen LogP contribution in [0.3, 0.4) is 0 Å². The number of ether oxygens (including phenoxy) is 2. The topological polar surface area (TPSA) is 71.6 Å². The number of amides is 1. The van der Waals surface area contributed by atoms with Gasteiger partial charge in [0.15, 0.2) is 16.6 Å². The third-order valence-corrected chi connectivity index (χ3v) is 3.70. The van der Waals surface area contributed by atoms with Gasteiger partial charge in [-0.3, -0.25) is 15.6 Å². The Morgan fingerprint density at radius 2 is 1.96 bits per heavy atom. The monoisotopic (exact) mass is 403 g/mol. The molecule has 2 aromatic carbocycles. The minimum absolute atomic E-state index is 0.0611. The highest BCUT2D eigenvalue weighted by Gasteiger charge is 2.05. The third-order valence-electron chi connectivity index (χ3n) is 3.50. The number of rotatable bonds is 7. The van der Waals surface area contributed by atoms with E-state index in [9.17, 15) is 9.18 Å². The lowest BCUT2D eigenvalue weighted by Gasteiger charge is -2.11. The molecular formula is C20H22FN3O3S. The van der Waals surface area contributed by atoms with Gasteiger partial charge in [0.25, 0.3) is 5.91 Å². The molecule has 0 fully saturated rings. The Morgan fingerprint density at radius 1 is 1.18 bits per heavy atom. The van der Waals surface area contributed by atoms with Crippen molar-refractivity contribution < 1.29 is 18.7 Å². The first-order chi connectivity index (χ1) is 13.5. The van der Waals surface area contributed by atoms with Crippen LogP contribution in [0.4, 0.5) is 10.1 Å². The van der Waals surface area contributed by atoms with Gasteiger partial charge in [-0.05, 0) is 54.5 Å². The second kappa shape index (κ2) is 10.9. The van der Waals surface area contributed by atoms with Crippen LogP contribution < -0.4 is 25.6 Å². The molecule has 0 aliphatic rings. The van der Waals surface area contributed by atoms with E-state index in [1.165, 1.54) is 18.2 Å². The van der Waals surface area contributed by atoms with E-state index in [0.717, 1.165) is 12.0 Å². The van der Waals surface area contributed by atoms with Crippen molar-refractivity contribution in [2.45, 2.75) is 13.3 Å². The van der Waals surface area contributed by atoms with E-state index in [4.69, 9.17) is 21.7 Å². The number of halogens is 1. The molecule has 1 amide bonds. The fourth-order valence-electron chi connectivity index (χ4n) is 2.17. The van der Waals surface area contributed by atoms with Gasteiger partial charge < -0.3 is 14.8 Å². The molecule has 0 heterocycles. The number of hydrogen-bond acceptors (Lipinski definition) is 4. The summed E-state index contributed by atoms with van der Waals surface area (Å²) in [6.07, 6.45) is 3.85. The number of nitrogens with one attached hydrogen (secondary N) is 3. The van der Waals surface area contributed by atoms with E-state index in [-0.39, 0.29) is 10.8 Å². The van der Waals surface area contributed by atoms with Crippen molar-refractivity contribution in [1.82, 2.24) is 10.9 Å². The van der Waals surface area contributed by atoms with Gasteiger partial charge in [0.1, 0.15) is 5.82 Å². The SMILES string of the molecule is CCCOc1ccc(/C=C/C(=O)NNC(=S)Nc2ccccc2F)cc1OC. The Kier molecular flexibility index (Phi) is 8.23. The first-order valence-corrected chi connectivity index (χ1v) is 9.04. The molecule has 28 heavy (non-hydrogen) atoms. The van der Waals surface area contributed by atoms with E-state index in [1.54, 1.807) is 37.5 Å². The van der Waals surface area contributed by atoms with E-state index in [0.29, 0.717) is 18.1 Å². The van der Waals surface area contributed by atoms with E-state index >= 15 is 0 Å². The molecule has 0 spiro atoms. The molecule has 0 aromatic heterocycles. The van der Waals surface area contributed by atoms with Crippen LogP contribution in [-0.4, -0.2) is 24.7 Å².